The molecule has 1 rings (SSSR count). The van der Waals surface area contributed by atoms with Gasteiger partial charge in [-0.2, -0.15) is 13.2 Å². The Kier molecular flexibility index (Phi) is 8.62. The van der Waals surface area contributed by atoms with Crippen LogP contribution in [0, 0.1) is 0 Å². The van der Waals surface area contributed by atoms with Gasteiger partial charge in [0, 0.05) is 11.1 Å². The summed E-state index contributed by atoms with van der Waals surface area (Å²) in [6, 6.07) is 6.87. The van der Waals surface area contributed by atoms with Crippen LogP contribution >= 0.6 is 15.9 Å². The topological polar surface area (TPSA) is 35.5 Å². The molecule has 1 unspecified atom stereocenters. The van der Waals surface area contributed by atoms with E-state index in [9.17, 15) is 18.0 Å². The average molecular weight is 397 g/mol. The Morgan fingerprint density at radius 3 is 2.22 bits per heavy atom. The van der Waals surface area contributed by atoms with E-state index in [4.69, 9.17) is 9.47 Å². The predicted molar refractivity (Wildman–Crippen MR) is 84.4 cm³/mol. The Labute approximate surface area is 142 Å². The van der Waals surface area contributed by atoms with E-state index >= 15 is 0 Å². The van der Waals surface area contributed by atoms with Crippen LogP contribution in [0.1, 0.15) is 43.0 Å². The summed E-state index contributed by atoms with van der Waals surface area (Å²) in [6.45, 7) is 1.38. The number of carbonyl (C=O) groups excluding carboxylic acids is 1. The Bertz CT molecular complexity index is 474. The molecule has 7 heteroatoms. The van der Waals surface area contributed by atoms with Crippen molar-refractivity contribution in [3.05, 3.63) is 34.3 Å². The molecule has 0 aliphatic rings. The van der Waals surface area contributed by atoms with Crippen molar-refractivity contribution in [2.45, 2.75) is 44.9 Å². The van der Waals surface area contributed by atoms with Crippen molar-refractivity contribution in [1.82, 2.24) is 0 Å². The van der Waals surface area contributed by atoms with E-state index in [1.54, 1.807) is 24.3 Å². The first-order valence-corrected chi connectivity index (χ1v) is 8.21. The fourth-order valence-corrected chi connectivity index (χ4v) is 2.01. The fourth-order valence-electron chi connectivity index (χ4n) is 1.75. The number of unbranched alkanes of at least 4 members (excludes halogenated alkanes) is 3. The third-order valence-corrected chi connectivity index (χ3v) is 3.71. The summed E-state index contributed by atoms with van der Waals surface area (Å²) >= 11 is 3.28. The van der Waals surface area contributed by atoms with Gasteiger partial charge in [-0.1, -0.05) is 22.4 Å². The summed E-state index contributed by atoms with van der Waals surface area (Å²) in [6.07, 6.45) is -3.29. The normalized spacial score (nSPS) is 12.9. The molecule has 0 spiro atoms. The standard InChI is InChI=1S/C16H20BrF3O3/c1-12(16(18,19)20)22-10-4-2-3-5-11-23-15(21)13-6-8-14(17)9-7-13/h6-9,12H,2-5,10-11H2,1H3. The molecule has 0 aliphatic carbocycles. The maximum atomic E-state index is 12.2. The summed E-state index contributed by atoms with van der Waals surface area (Å²) in [5, 5.41) is 0. The molecule has 0 saturated heterocycles. The smallest absolute Gasteiger partial charge is 0.414 e. The van der Waals surface area contributed by atoms with Gasteiger partial charge < -0.3 is 9.47 Å². The van der Waals surface area contributed by atoms with Gasteiger partial charge in [0.1, 0.15) is 0 Å². The summed E-state index contributed by atoms with van der Waals surface area (Å²) in [5.74, 6) is -0.375. The van der Waals surface area contributed by atoms with Gasteiger partial charge in [-0.3, -0.25) is 0 Å². The van der Waals surface area contributed by atoms with Crippen LogP contribution in [0.25, 0.3) is 0 Å². The summed E-state index contributed by atoms with van der Waals surface area (Å²) in [5.41, 5.74) is 0.489. The van der Waals surface area contributed by atoms with E-state index in [0.29, 0.717) is 25.0 Å². The van der Waals surface area contributed by atoms with Crippen LogP contribution in [0.2, 0.25) is 0 Å². The molecular weight excluding hydrogens is 377 g/mol. The van der Waals surface area contributed by atoms with Crippen LogP contribution < -0.4 is 0 Å². The zero-order valence-electron chi connectivity index (χ0n) is 12.9. The Hall–Kier alpha value is -1.08. The van der Waals surface area contributed by atoms with Crippen LogP contribution in [0.3, 0.4) is 0 Å². The van der Waals surface area contributed by atoms with Gasteiger partial charge in [-0.15, -0.1) is 0 Å². The molecule has 1 aromatic rings. The van der Waals surface area contributed by atoms with Crippen molar-refractivity contribution in [2.75, 3.05) is 13.2 Å². The molecule has 3 nitrogen and oxygen atoms in total. The zero-order chi connectivity index (χ0) is 17.3. The molecule has 0 saturated carbocycles. The van der Waals surface area contributed by atoms with Crippen molar-refractivity contribution in [2.24, 2.45) is 0 Å². The summed E-state index contributed by atoms with van der Waals surface area (Å²) in [4.78, 5) is 11.7. The lowest BCUT2D eigenvalue weighted by molar-refractivity contribution is -0.214. The highest BCUT2D eigenvalue weighted by Gasteiger charge is 2.36. The van der Waals surface area contributed by atoms with E-state index in [2.05, 4.69) is 15.9 Å². The van der Waals surface area contributed by atoms with E-state index in [0.717, 1.165) is 24.2 Å². The third-order valence-electron chi connectivity index (χ3n) is 3.18. The second-order valence-corrected chi connectivity index (χ2v) is 6.03. The molecule has 1 aromatic carbocycles. The molecule has 0 amide bonds. The molecular formula is C16H20BrF3O3. The molecule has 0 heterocycles. The molecule has 0 N–H and O–H groups in total. The number of ether oxygens (including phenoxy) is 2. The minimum absolute atomic E-state index is 0.0827. The quantitative estimate of drug-likeness (QED) is 0.428. The van der Waals surface area contributed by atoms with Gasteiger partial charge in [0.05, 0.1) is 12.2 Å². The lowest BCUT2D eigenvalue weighted by Crippen LogP contribution is -2.28. The SMILES string of the molecule is CC(OCCCCCCOC(=O)c1ccc(Br)cc1)C(F)(F)F. The first-order chi connectivity index (χ1) is 10.8. The maximum Gasteiger partial charge on any atom is 0.414 e. The Morgan fingerprint density at radius 2 is 1.65 bits per heavy atom. The van der Waals surface area contributed by atoms with Crippen molar-refractivity contribution < 1.29 is 27.4 Å². The first-order valence-electron chi connectivity index (χ1n) is 7.41. The summed E-state index contributed by atoms with van der Waals surface area (Å²) < 4.78 is 47.3. The predicted octanol–water partition coefficient (Wildman–Crippen LogP) is 5.13. The molecule has 1 atom stereocenters. The lowest BCUT2D eigenvalue weighted by atomic mass is 10.2. The van der Waals surface area contributed by atoms with Gasteiger partial charge in [0.25, 0.3) is 0 Å². The Balaban J connectivity index is 2.03. The number of hydrogen-bond acceptors (Lipinski definition) is 3. The van der Waals surface area contributed by atoms with E-state index in [-0.39, 0.29) is 12.6 Å². The molecule has 0 fully saturated rings. The van der Waals surface area contributed by atoms with Gasteiger partial charge in [0.15, 0.2) is 6.10 Å². The number of hydrogen-bond donors (Lipinski definition) is 0. The van der Waals surface area contributed by atoms with Crippen molar-refractivity contribution in [3.8, 4) is 0 Å². The molecule has 0 aromatic heterocycles. The second-order valence-electron chi connectivity index (χ2n) is 5.11. The molecule has 23 heavy (non-hydrogen) atoms. The van der Waals surface area contributed by atoms with Crippen LogP contribution in [-0.2, 0) is 9.47 Å². The number of carbonyl (C=O) groups is 1. The second kappa shape index (κ2) is 9.93. The third kappa shape index (κ3) is 8.37. The van der Waals surface area contributed by atoms with Gasteiger partial charge in [-0.25, -0.2) is 4.79 Å². The number of benzene rings is 1. The van der Waals surface area contributed by atoms with E-state index in [1.807, 2.05) is 0 Å². The number of rotatable bonds is 9. The highest BCUT2D eigenvalue weighted by molar-refractivity contribution is 9.10. The fraction of sp³-hybridized carbons (Fsp3) is 0.562. The average Bonchev–Trinajstić information content (AvgIpc) is 2.49. The zero-order valence-corrected chi connectivity index (χ0v) is 14.5. The minimum atomic E-state index is -4.30. The van der Waals surface area contributed by atoms with Gasteiger partial charge in [0.2, 0.25) is 0 Å². The van der Waals surface area contributed by atoms with Crippen LogP contribution in [0.5, 0.6) is 0 Å². The van der Waals surface area contributed by atoms with Crippen LogP contribution in [0.15, 0.2) is 28.7 Å². The van der Waals surface area contributed by atoms with Crippen LogP contribution in [-0.4, -0.2) is 31.5 Å². The lowest BCUT2D eigenvalue weighted by Gasteiger charge is -2.16. The highest BCUT2D eigenvalue weighted by atomic mass is 79.9. The van der Waals surface area contributed by atoms with E-state index < -0.39 is 12.3 Å². The maximum absolute atomic E-state index is 12.2. The highest BCUT2D eigenvalue weighted by Crippen LogP contribution is 2.22. The van der Waals surface area contributed by atoms with Crippen molar-refractivity contribution in [3.63, 3.8) is 0 Å². The van der Waals surface area contributed by atoms with Gasteiger partial charge in [-0.05, 0) is 50.5 Å². The van der Waals surface area contributed by atoms with Crippen molar-refractivity contribution >= 4 is 21.9 Å². The van der Waals surface area contributed by atoms with Gasteiger partial charge >= 0.3 is 12.1 Å². The molecule has 130 valence electrons. The number of esters is 1. The molecule has 0 radical (unpaired) electrons. The van der Waals surface area contributed by atoms with Crippen molar-refractivity contribution in [1.29, 1.82) is 0 Å². The Morgan fingerprint density at radius 1 is 1.09 bits per heavy atom. The first kappa shape index (κ1) is 20.0. The molecule has 0 aliphatic heterocycles. The minimum Gasteiger partial charge on any atom is -0.462 e. The monoisotopic (exact) mass is 396 g/mol. The summed E-state index contributed by atoms with van der Waals surface area (Å²) in [7, 11) is 0. The largest absolute Gasteiger partial charge is 0.462 e. The molecule has 0 bridgehead atoms. The number of alkyl halides is 3. The van der Waals surface area contributed by atoms with Crippen LogP contribution in [0.4, 0.5) is 13.2 Å². The van der Waals surface area contributed by atoms with E-state index in [1.165, 1.54) is 0 Å². The number of halogens is 4.